The van der Waals surface area contributed by atoms with Gasteiger partial charge in [-0.1, -0.05) is 54.6 Å². The van der Waals surface area contributed by atoms with Crippen molar-refractivity contribution in [3.05, 3.63) is 77.4 Å². The highest BCUT2D eigenvalue weighted by molar-refractivity contribution is 7.20. The molecule has 1 amide bonds. The Kier molecular flexibility index (Phi) is 7.02. The van der Waals surface area contributed by atoms with Gasteiger partial charge < -0.3 is 10.1 Å². The minimum absolute atomic E-state index is 0.147. The fraction of sp³-hybridized carbons (Fsp3) is 0.308. The fourth-order valence-electron chi connectivity index (χ4n) is 4.11. The smallest absolute Gasteiger partial charge is 0.341 e. The van der Waals surface area contributed by atoms with Crippen LogP contribution in [0.5, 0.6) is 0 Å². The number of esters is 1. The van der Waals surface area contributed by atoms with Gasteiger partial charge >= 0.3 is 5.97 Å². The Morgan fingerprint density at radius 1 is 1.12 bits per heavy atom. The normalized spacial score (nSPS) is 16.1. The number of carbonyl (C=O) groups excluding carboxylic acids is 2. The summed E-state index contributed by atoms with van der Waals surface area (Å²) in [6, 6.07) is 19.8. The molecule has 2 N–H and O–H groups in total. The Hall–Kier alpha value is -2.96. The molecule has 2 aromatic carbocycles. The number of thiophene rings is 1. The summed E-state index contributed by atoms with van der Waals surface area (Å²) in [4.78, 5) is 26.5. The van der Waals surface area contributed by atoms with Gasteiger partial charge in [-0.25, -0.2) is 4.79 Å². The van der Waals surface area contributed by atoms with E-state index < -0.39 is 12.0 Å². The molecule has 166 valence electrons. The van der Waals surface area contributed by atoms with Gasteiger partial charge in [0.15, 0.2) is 0 Å². The standard InChI is InChI=1S/C26H28N2O3S/c1-3-31-26(30)21-16-23(19-11-5-4-6-12-19)32-25(21)28-24(29)17(2)27-22-15-9-13-18-10-7-8-14-20(18)22/h4-8,10-12,14,16-17,22,27H,3,9,13,15H2,1-2H3,(H,28,29). The Morgan fingerprint density at radius 3 is 2.66 bits per heavy atom. The van der Waals surface area contributed by atoms with E-state index in [0.717, 1.165) is 29.7 Å². The van der Waals surface area contributed by atoms with Crippen molar-refractivity contribution in [2.24, 2.45) is 0 Å². The van der Waals surface area contributed by atoms with E-state index >= 15 is 0 Å². The number of carbonyl (C=O) groups is 2. The highest BCUT2D eigenvalue weighted by Gasteiger charge is 2.26. The Bertz CT molecular complexity index is 1090. The van der Waals surface area contributed by atoms with Gasteiger partial charge in [0.1, 0.15) is 5.00 Å². The Morgan fingerprint density at radius 2 is 1.88 bits per heavy atom. The van der Waals surface area contributed by atoms with Crippen molar-refractivity contribution in [1.29, 1.82) is 0 Å². The van der Waals surface area contributed by atoms with Crippen LogP contribution in [0.15, 0.2) is 60.7 Å². The van der Waals surface area contributed by atoms with Crippen molar-refractivity contribution < 1.29 is 14.3 Å². The number of hydrogen-bond donors (Lipinski definition) is 2. The van der Waals surface area contributed by atoms with Crippen molar-refractivity contribution >= 4 is 28.2 Å². The van der Waals surface area contributed by atoms with Crippen LogP contribution in [0.1, 0.15) is 54.2 Å². The second-order valence-corrected chi connectivity index (χ2v) is 9.01. The summed E-state index contributed by atoms with van der Waals surface area (Å²) >= 11 is 1.39. The van der Waals surface area contributed by atoms with E-state index in [4.69, 9.17) is 4.74 Å². The van der Waals surface area contributed by atoms with Crippen LogP contribution in [-0.2, 0) is 16.0 Å². The van der Waals surface area contributed by atoms with Crippen LogP contribution in [0, 0.1) is 0 Å². The minimum Gasteiger partial charge on any atom is -0.462 e. The van der Waals surface area contributed by atoms with Crippen LogP contribution in [0.4, 0.5) is 5.00 Å². The van der Waals surface area contributed by atoms with E-state index in [1.54, 1.807) is 13.0 Å². The number of amides is 1. The molecule has 0 fully saturated rings. The van der Waals surface area contributed by atoms with E-state index in [-0.39, 0.29) is 18.6 Å². The van der Waals surface area contributed by atoms with Crippen LogP contribution >= 0.6 is 11.3 Å². The maximum Gasteiger partial charge on any atom is 0.341 e. The lowest BCUT2D eigenvalue weighted by molar-refractivity contribution is -0.118. The van der Waals surface area contributed by atoms with Gasteiger partial charge in [-0.15, -0.1) is 11.3 Å². The third-order valence-electron chi connectivity index (χ3n) is 5.74. The first-order valence-electron chi connectivity index (χ1n) is 11.1. The zero-order chi connectivity index (χ0) is 22.5. The zero-order valence-electron chi connectivity index (χ0n) is 18.4. The van der Waals surface area contributed by atoms with Gasteiger partial charge in [-0.2, -0.15) is 0 Å². The molecule has 0 saturated carbocycles. The molecular weight excluding hydrogens is 420 g/mol. The molecule has 2 unspecified atom stereocenters. The summed E-state index contributed by atoms with van der Waals surface area (Å²) in [5.74, 6) is -0.594. The Balaban J connectivity index is 1.52. The number of aryl methyl sites for hydroxylation is 1. The third-order valence-corrected chi connectivity index (χ3v) is 6.84. The van der Waals surface area contributed by atoms with Crippen LogP contribution < -0.4 is 10.6 Å². The highest BCUT2D eigenvalue weighted by Crippen LogP contribution is 2.36. The van der Waals surface area contributed by atoms with Gasteiger partial charge in [0.25, 0.3) is 0 Å². The molecule has 4 rings (SSSR count). The number of nitrogens with one attached hydrogen (secondary N) is 2. The summed E-state index contributed by atoms with van der Waals surface area (Å²) in [5, 5.41) is 6.97. The molecule has 1 aromatic heterocycles. The maximum atomic E-state index is 13.1. The minimum atomic E-state index is -0.428. The molecule has 0 radical (unpaired) electrons. The molecule has 32 heavy (non-hydrogen) atoms. The molecule has 0 bridgehead atoms. The lowest BCUT2D eigenvalue weighted by atomic mass is 9.87. The third kappa shape index (κ3) is 4.92. The number of rotatable bonds is 7. The first-order valence-corrected chi connectivity index (χ1v) is 11.9. The predicted molar refractivity (Wildman–Crippen MR) is 129 cm³/mol. The fourth-order valence-corrected chi connectivity index (χ4v) is 5.17. The average Bonchev–Trinajstić information content (AvgIpc) is 3.24. The predicted octanol–water partition coefficient (Wildman–Crippen LogP) is 5.59. The molecule has 1 aliphatic rings. The van der Waals surface area contributed by atoms with Gasteiger partial charge in [-0.3, -0.25) is 10.1 Å². The van der Waals surface area contributed by atoms with E-state index in [0.29, 0.717) is 10.6 Å². The largest absolute Gasteiger partial charge is 0.462 e. The number of hydrogen-bond acceptors (Lipinski definition) is 5. The van der Waals surface area contributed by atoms with Crippen LogP contribution in [0.25, 0.3) is 10.4 Å². The van der Waals surface area contributed by atoms with Crippen molar-refractivity contribution in [3.8, 4) is 10.4 Å². The zero-order valence-corrected chi connectivity index (χ0v) is 19.2. The number of fused-ring (bicyclic) bond motifs is 1. The molecule has 1 aliphatic carbocycles. The quantitative estimate of drug-likeness (QED) is 0.463. The number of ether oxygens (including phenoxy) is 1. The van der Waals surface area contributed by atoms with Crippen molar-refractivity contribution in [1.82, 2.24) is 5.32 Å². The summed E-state index contributed by atoms with van der Waals surface area (Å²) in [6.07, 6.45) is 3.18. The van der Waals surface area contributed by atoms with Gasteiger partial charge in [0.2, 0.25) is 5.91 Å². The second kappa shape index (κ2) is 10.1. The SMILES string of the molecule is CCOC(=O)c1cc(-c2ccccc2)sc1NC(=O)C(C)NC1CCCc2ccccc21. The highest BCUT2D eigenvalue weighted by atomic mass is 32.1. The van der Waals surface area contributed by atoms with Gasteiger partial charge in [0, 0.05) is 10.9 Å². The van der Waals surface area contributed by atoms with Crippen molar-refractivity contribution in [2.75, 3.05) is 11.9 Å². The summed E-state index contributed by atoms with van der Waals surface area (Å²) in [7, 11) is 0. The van der Waals surface area contributed by atoms with Crippen LogP contribution in [0.3, 0.4) is 0 Å². The van der Waals surface area contributed by atoms with Crippen LogP contribution in [-0.4, -0.2) is 24.5 Å². The molecule has 2 atom stereocenters. The average molecular weight is 449 g/mol. The molecule has 1 heterocycles. The van der Waals surface area contributed by atoms with Crippen LogP contribution in [0.2, 0.25) is 0 Å². The monoisotopic (exact) mass is 448 g/mol. The summed E-state index contributed by atoms with van der Waals surface area (Å²) in [6.45, 7) is 3.92. The molecule has 0 saturated heterocycles. The lowest BCUT2D eigenvalue weighted by Crippen LogP contribution is -2.41. The van der Waals surface area contributed by atoms with Crippen molar-refractivity contribution in [3.63, 3.8) is 0 Å². The van der Waals surface area contributed by atoms with Gasteiger partial charge in [-0.05, 0) is 55.9 Å². The maximum absolute atomic E-state index is 13.1. The first kappa shape index (κ1) is 22.2. The number of anilines is 1. The molecule has 3 aromatic rings. The summed E-state index contributed by atoms with van der Waals surface area (Å²) in [5.41, 5.74) is 4.00. The Labute approximate surface area is 192 Å². The molecule has 6 heteroatoms. The summed E-state index contributed by atoms with van der Waals surface area (Å²) < 4.78 is 5.22. The molecule has 5 nitrogen and oxygen atoms in total. The first-order chi connectivity index (χ1) is 15.6. The van der Waals surface area contributed by atoms with Crippen molar-refractivity contribution in [2.45, 2.75) is 45.2 Å². The van der Waals surface area contributed by atoms with E-state index in [1.807, 2.05) is 43.3 Å². The van der Waals surface area contributed by atoms with E-state index in [9.17, 15) is 9.59 Å². The lowest BCUT2D eigenvalue weighted by Gasteiger charge is -2.28. The number of benzene rings is 2. The van der Waals surface area contributed by atoms with E-state index in [2.05, 4.69) is 28.8 Å². The van der Waals surface area contributed by atoms with E-state index in [1.165, 1.54) is 22.5 Å². The van der Waals surface area contributed by atoms with Gasteiger partial charge in [0.05, 0.1) is 18.2 Å². The topological polar surface area (TPSA) is 67.4 Å². The second-order valence-electron chi connectivity index (χ2n) is 7.96. The molecule has 0 spiro atoms. The molecular formula is C26H28N2O3S. The molecule has 0 aliphatic heterocycles.